The van der Waals surface area contributed by atoms with E-state index in [1.165, 1.54) is 46.6 Å². The maximum absolute atomic E-state index is 13.8. The lowest BCUT2D eigenvalue weighted by Gasteiger charge is -2.16. The third-order valence-corrected chi connectivity index (χ3v) is 9.08. The molecule has 3 aromatic carbocycles. The molecule has 0 aliphatic carbocycles. The molecule has 208 valence electrons. The Kier molecular flexibility index (Phi) is 9.67. The van der Waals surface area contributed by atoms with Crippen LogP contribution in [0.15, 0.2) is 86.2 Å². The molecule has 0 aliphatic heterocycles. The Morgan fingerprint density at radius 1 is 0.950 bits per heavy atom. The highest BCUT2D eigenvalue weighted by Crippen LogP contribution is 2.43. The zero-order chi connectivity index (χ0) is 28.8. The summed E-state index contributed by atoms with van der Waals surface area (Å²) in [7, 11) is 5.95. The van der Waals surface area contributed by atoms with Crippen LogP contribution in [0.5, 0.6) is 11.5 Å². The van der Waals surface area contributed by atoms with Gasteiger partial charge in [-0.25, -0.2) is 9.59 Å². The molecule has 0 N–H and O–H groups in total. The van der Waals surface area contributed by atoms with Gasteiger partial charge in [0.15, 0.2) is 11.5 Å². The fourth-order valence-corrected chi connectivity index (χ4v) is 6.94. The molecule has 0 unspecified atom stereocenters. The van der Waals surface area contributed by atoms with E-state index in [0.29, 0.717) is 32.7 Å². The molecule has 0 saturated heterocycles. The zero-order valence-corrected chi connectivity index (χ0v) is 24.7. The molecular weight excluding hydrogens is 572 g/mol. The summed E-state index contributed by atoms with van der Waals surface area (Å²) < 4.78 is 18.0. The molecule has 0 radical (unpaired) electrons. The number of esters is 1. The topological polar surface area (TPSA) is 88.8 Å². The van der Waals surface area contributed by atoms with Crippen molar-refractivity contribution in [3.05, 3.63) is 109 Å². The molecule has 0 spiro atoms. The van der Waals surface area contributed by atoms with Gasteiger partial charge < -0.3 is 14.2 Å². The summed E-state index contributed by atoms with van der Waals surface area (Å²) in [5.74, 6) is 0.0142. The molecule has 40 heavy (non-hydrogen) atoms. The Balaban J connectivity index is 1.83. The highest BCUT2D eigenvalue weighted by Gasteiger charge is 2.21. The zero-order valence-electron chi connectivity index (χ0n) is 22.3. The van der Waals surface area contributed by atoms with E-state index in [9.17, 15) is 14.4 Å². The summed E-state index contributed by atoms with van der Waals surface area (Å²) >= 11 is 6.59. The van der Waals surface area contributed by atoms with Crippen molar-refractivity contribution in [2.75, 3.05) is 20.8 Å². The van der Waals surface area contributed by atoms with Crippen molar-refractivity contribution < 1.29 is 19.0 Å². The molecule has 11 heteroatoms. The quantitative estimate of drug-likeness (QED) is 0.162. The maximum atomic E-state index is 13.8. The van der Waals surface area contributed by atoms with Crippen molar-refractivity contribution in [2.45, 2.75) is 30.2 Å². The molecule has 0 atom stereocenters. The van der Waals surface area contributed by atoms with Crippen LogP contribution >= 0.6 is 33.2 Å². The Bertz CT molecular complexity index is 1670. The van der Waals surface area contributed by atoms with E-state index in [4.69, 9.17) is 25.8 Å². The van der Waals surface area contributed by atoms with Gasteiger partial charge in [-0.15, -0.1) is 0 Å². The number of nitrogens with zero attached hydrogens (tertiary/aromatic N) is 2. The fourth-order valence-electron chi connectivity index (χ4n) is 3.93. The molecule has 4 aromatic rings. The van der Waals surface area contributed by atoms with Crippen LogP contribution < -0.4 is 20.7 Å². The second-order valence-electron chi connectivity index (χ2n) is 8.51. The van der Waals surface area contributed by atoms with Crippen molar-refractivity contribution in [1.29, 1.82) is 0 Å². The third-order valence-electron chi connectivity index (χ3n) is 6.00. The molecule has 0 fully saturated rings. The van der Waals surface area contributed by atoms with Crippen molar-refractivity contribution >= 4 is 39.2 Å². The summed E-state index contributed by atoms with van der Waals surface area (Å²) in [6, 6.07) is 18.1. The largest absolute Gasteiger partial charge is 0.493 e. The van der Waals surface area contributed by atoms with Crippen LogP contribution in [-0.2, 0) is 11.3 Å². The van der Waals surface area contributed by atoms with Gasteiger partial charge in [-0.3, -0.25) is 13.9 Å². The molecule has 0 amide bonds. The third kappa shape index (κ3) is 6.24. The first kappa shape index (κ1) is 29.4. The Morgan fingerprint density at radius 3 is 2.40 bits per heavy atom. The van der Waals surface area contributed by atoms with E-state index in [1.54, 1.807) is 43.3 Å². The van der Waals surface area contributed by atoms with Gasteiger partial charge in [0.2, 0.25) is 0 Å². The van der Waals surface area contributed by atoms with Crippen LogP contribution in [0.1, 0.15) is 28.4 Å². The van der Waals surface area contributed by atoms with Crippen LogP contribution in [0.2, 0.25) is 5.02 Å². The van der Waals surface area contributed by atoms with Gasteiger partial charge in [0.1, 0.15) is 5.56 Å². The van der Waals surface area contributed by atoms with E-state index in [1.807, 2.05) is 31.2 Å². The second kappa shape index (κ2) is 13.2. The molecule has 1 heterocycles. The minimum atomic E-state index is -0.828. The molecule has 0 saturated carbocycles. The normalized spacial score (nSPS) is 10.8. The Hall–Kier alpha value is -3.60. The maximum Gasteiger partial charge on any atom is 0.345 e. The van der Waals surface area contributed by atoms with Gasteiger partial charge in [0.25, 0.3) is 5.56 Å². The number of hydrogen-bond donors (Lipinski definition) is 0. The number of aryl methyl sites for hydroxylation is 1. The Labute approximate surface area is 244 Å². The predicted molar refractivity (Wildman–Crippen MR) is 159 cm³/mol. The highest BCUT2D eigenvalue weighted by atomic mass is 35.5. The molecule has 0 bridgehead atoms. The average Bonchev–Trinajstić information content (AvgIpc) is 2.95. The van der Waals surface area contributed by atoms with E-state index in [2.05, 4.69) is 0 Å². The number of methoxy groups -OCH3 is 2. The SMILES string of the molecule is CCOC(=O)c1cn(-c2ccc(OC)c(OC)c2)c(=O)n(Cc2cccc(Cl)c2SSc2ccccc2C)c1=O. The van der Waals surface area contributed by atoms with E-state index >= 15 is 0 Å². The first-order valence-electron chi connectivity index (χ1n) is 12.2. The number of aromatic nitrogens is 2. The van der Waals surface area contributed by atoms with Gasteiger partial charge >= 0.3 is 11.7 Å². The average molecular weight is 599 g/mol. The minimum Gasteiger partial charge on any atom is -0.493 e. The molecule has 4 rings (SSSR count). The van der Waals surface area contributed by atoms with Gasteiger partial charge in [0, 0.05) is 22.1 Å². The number of hydrogen-bond acceptors (Lipinski definition) is 8. The lowest BCUT2D eigenvalue weighted by Crippen LogP contribution is -2.42. The summed E-state index contributed by atoms with van der Waals surface area (Å²) in [6.07, 6.45) is 1.20. The van der Waals surface area contributed by atoms with Crippen molar-refractivity contribution in [3.8, 4) is 17.2 Å². The first-order chi connectivity index (χ1) is 19.3. The molecular formula is C29H27ClN2O6S2. The molecule has 1 aromatic heterocycles. The summed E-state index contributed by atoms with van der Waals surface area (Å²) in [5.41, 5.74) is 0.456. The van der Waals surface area contributed by atoms with Crippen molar-refractivity contribution in [3.63, 3.8) is 0 Å². The van der Waals surface area contributed by atoms with Crippen LogP contribution in [0, 0.1) is 6.92 Å². The van der Waals surface area contributed by atoms with Crippen LogP contribution in [0.3, 0.4) is 0 Å². The van der Waals surface area contributed by atoms with Crippen molar-refractivity contribution in [1.82, 2.24) is 9.13 Å². The fraction of sp³-hybridized carbons (Fsp3) is 0.207. The number of carbonyl (C=O) groups excluding carboxylic acids is 1. The number of rotatable bonds is 10. The van der Waals surface area contributed by atoms with Gasteiger partial charge in [-0.1, -0.05) is 63.5 Å². The minimum absolute atomic E-state index is 0.0684. The second-order valence-corrected chi connectivity index (χ2v) is 11.1. The van der Waals surface area contributed by atoms with Crippen LogP contribution in [0.25, 0.3) is 5.69 Å². The monoisotopic (exact) mass is 598 g/mol. The van der Waals surface area contributed by atoms with Gasteiger partial charge in [0.05, 0.1) is 38.1 Å². The molecule has 8 nitrogen and oxygen atoms in total. The van der Waals surface area contributed by atoms with Crippen molar-refractivity contribution in [2.24, 2.45) is 0 Å². The number of carbonyl (C=O) groups is 1. The number of ether oxygens (including phenoxy) is 3. The lowest BCUT2D eigenvalue weighted by atomic mass is 10.2. The summed E-state index contributed by atoms with van der Waals surface area (Å²) in [6.45, 7) is 3.62. The summed E-state index contributed by atoms with van der Waals surface area (Å²) in [5, 5.41) is 0.485. The van der Waals surface area contributed by atoms with Gasteiger partial charge in [-0.2, -0.15) is 0 Å². The van der Waals surface area contributed by atoms with Crippen LogP contribution in [0.4, 0.5) is 0 Å². The van der Waals surface area contributed by atoms with Gasteiger partial charge in [-0.05, 0) is 49.2 Å². The Morgan fingerprint density at radius 2 is 1.70 bits per heavy atom. The number of benzene rings is 3. The van der Waals surface area contributed by atoms with E-state index < -0.39 is 17.2 Å². The standard InChI is InChI=1S/C29H27ClN2O6S2/c1-5-38-28(34)21-17-31(20-13-14-23(36-3)24(15-20)37-4)29(35)32(27(21)33)16-19-10-8-11-22(30)26(19)40-39-25-12-7-6-9-18(25)2/h6-15,17H,5,16H2,1-4H3. The number of halogens is 1. The molecule has 0 aliphatic rings. The highest BCUT2D eigenvalue weighted by molar-refractivity contribution is 8.76. The first-order valence-corrected chi connectivity index (χ1v) is 14.7. The van der Waals surface area contributed by atoms with Crippen LogP contribution in [-0.4, -0.2) is 35.9 Å². The van der Waals surface area contributed by atoms with E-state index in [-0.39, 0.29) is 18.7 Å². The predicted octanol–water partition coefficient (Wildman–Crippen LogP) is 6.00. The summed E-state index contributed by atoms with van der Waals surface area (Å²) in [4.78, 5) is 41.8. The van der Waals surface area contributed by atoms with E-state index in [0.717, 1.165) is 15.0 Å². The lowest BCUT2D eigenvalue weighted by molar-refractivity contribution is 0.0522. The smallest absolute Gasteiger partial charge is 0.345 e.